The third-order valence-electron chi connectivity index (χ3n) is 5.66. The summed E-state index contributed by atoms with van der Waals surface area (Å²) >= 11 is 0. The van der Waals surface area contributed by atoms with E-state index in [2.05, 4.69) is 20.7 Å². The molecule has 0 spiro atoms. The molecule has 0 bridgehead atoms. The smallest absolute Gasteiger partial charge is 0.407 e. The number of carbonyl (C=O) groups is 2. The summed E-state index contributed by atoms with van der Waals surface area (Å²) in [5.74, 6) is -0.450. The number of hydrogen-bond donors (Lipinski definition) is 2. The Bertz CT molecular complexity index is 1520. The Kier molecular flexibility index (Phi) is 9.00. The number of nitrogens with zero attached hydrogens (tertiary/aromatic N) is 4. The molecule has 0 fully saturated rings. The van der Waals surface area contributed by atoms with Crippen LogP contribution in [-0.4, -0.2) is 56.5 Å². The highest BCUT2D eigenvalue weighted by atomic mass is 19.1. The number of alkyl carbamates (subject to hydrolysis) is 1. The van der Waals surface area contributed by atoms with Crippen molar-refractivity contribution in [3.05, 3.63) is 71.9 Å². The van der Waals surface area contributed by atoms with Gasteiger partial charge in [0, 0.05) is 23.9 Å². The maximum atomic E-state index is 14.2. The van der Waals surface area contributed by atoms with E-state index in [1.165, 1.54) is 16.8 Å². The molecule has 41 heavy (non-hydrogen) atoms. The van der Waals surface area contributed by atoms with Crippen molar-refractivity contribution in [3.8, 4) is 17.0 Å². The normalized spacial score (nSPS) is 12.0. The molecule has 4 rings (SSSR count). The fourth-order valence-electron chi connectivity index (χ4n) is 3.88. The monoisotopic (exact) mass is 564 g/mol. The minimum absolute atomic E-state index is 0.0954. The minimum atomic E-state index is -0.630. The van der Waals surface area contributed by atoms with Crippen LogP contribution >= 0.6 is 0 Å². The molecule has 0 aliphatic carbocycles. The lowest BCUT2D eigenvalue weighted by Crippen LogP contribution is -2.37. The molecule has 3 aromatic heterocycles. The Morgan fingerprint density at radius 1 is 1.15 bits per heavy atom. The molecule has 1 unspecified atom stereocenters. The average molecular weight is 565 g/mol. The van der Waals surface area contributed by atoms with E-state index in [1.807, 2.05) is 30.3 Å². The Labute approximate surface area is 237 Å². The van der Waals surface area contributed by atoms with Gasteiger partial charge in [0.2, 0.25) is 5.88 Å². The van der Waals surface area contributed by atoms with Gasteiger partial charge in [0.05, 0.1) is 25.5 Å². The third kappa shape index (κ3) is 7.68. The number of carbonyl (C=O) groups excluding carboxylic acids is 2. The van der Waals surface area contributed by atoms with Gasteiger partial charge < -0.3 is 24.8 Å². The Morgan fingerprint density at radius 2 is 1.90 bits per heavy atom. The number of aromatic nitrogens is 4. The molecular formula is C29H33FN6O5. The zero-order valence-electron chi connectivity index (χ0n) is 23.6. The van der Waals surface area contributed by atoms with Crippen molar-refractivity contribution in [2.24, 2.45) is 0 Å². The molecule has 0 radical (unpaired) electrons. The van der Waals surface area contributed by atoms with Crippen molar-refractivity contribution in [2.75, 3.05) is 18.5 Å². The number of rotatable bonds is 10. The van der Waals surface area contributed by atoms with Gasteiger partial charge in [0.25, 0.3) is 0 Å². The second-order valence-corrected chi connectivity index (χ2v) is 10.2. The van der Waals surface area contributed by atoms with E-state index in [1.54, 1.807) is 40.8 Å². The molecule has 216 valence electrons. The summed E-state index contributed by atoms with van der Waals surface area (Å²) in [6.07, 6.45) is 3.17. The van der Waals surface area contributed by atoms with E-state index in [0.29, 0.717) is 22.6 Å². The van der Waals surface area contributed by atoms with E-state index in [-0.39, 0.29) is 31.1 Å². The summed E-state index contributed by atoms with van der Waals surface area (Å²) < 4.78 is 32.1. The Balaban J connectivity index is 1.58. The molecule has 12 heteroatoms. The quantitative estimate of drug-likeness (QED) is 0.255. The van der Waals surface area contributed by atoms with Crippen LogP contribution in [0.4, 0.5) is 15.0 Å². The first-order valence-corrected chi connectivity index (χ1v) is 13.2. The van der Waals surface area contributed by atoms with Gasteiger partial charge in [-0.15, -0.1) is 0 Å². The standard InChI is InChI=1S/C29H33FN6O5/c1-6-39-27(37)22-16-34-36-17-23(19-10-8-7-9-11-19)24(35-25(22)36)31-14-20-12-21(30)15-32-26(20)40-18(2)13-33-28(38)41-29(3,4)5/h7-12,15-18H,6,13-14H2,1-5H3,(H,31,35)(H,33,38). The van der Waals surface area contributed by atoms with Crippen LogP contribution in [-0.2, 0) is 16.0 Å². The number of halogens is 1. The lowest BCUT2D eigenvalue weighted by Gasteiger charge is -2.21. The van der Waals surface area contributed by atoms with Crippen LogP contribution < -0.4 is 15.4 Å². The van der Waals surface area contributed by atoms with E-state index < -0.39 is 29.6 Å². The van der Waals surface area contributed by atoms with Gasteiger partial charge in [-0.2, -0.15) is 5.10 Å². The van der Waals surface area contributed by atoms with Crippen LogP contribution in [0.3, 0.4) is 0 Å². The lowest BCUT2D eigenvalue weighted by atomic mass is 10.1. The number of ether oxygens (including phenoxy) is 3. The number of amides is 1. The molecule has 0 saturated heterocycles. The summed E-state index contributed by atoms with van der Waals surface area (Å²) in [6, 6.07) is 10.8. The number of pyridine rings is 1. The maximum absolute atomic E-state index is 14.2. The van der Waals surface area contributed by atoms with Crippen molar-refractivity contribution < 1.29 is 28.2 Å². The molecule has 2 N–H and O–H groups in total. The zero-order valence-corrected chi connectivity index (χ0v) is 23.6. The van der Waals surface area contributed by atoms with Gasteiger partial charge in [-0.25, -0.2) is 28.5 Å². The van der Waals surface area contributed by atoms with E-state index in [0.717, 1.165) is 11.8 Å². The summed E-state index contributed by atoms with van der Waals surface area (Å²) in [7, 11) is 0. The van der Waals surface area contributed by atoms with Crippen LogP contribution in [0.1, 0.15) is 50.5 Å². The van der Waals surface area contributed by atoms with Crippen molar-refractivity contribution in [2.45, 2.75) is 52.9 Å². The predicted molar refractivity (Wildman–Crippen MR) is 150 cm³/mol. The van der Waals surface area contributed by atoms with Crippen LogP contribution in [0.15, 0.2) is 55.0 Å². The second kappa shape index (κ2) is 12.6. The number of benzene rings is 1. The maximum Gasteiger partial charge on any atom is 0.407 e. The van der Waals surface area contributed by atoms with Gasteiger partial charge in [-0.05, 0) is 46.2 Å². The first-order chi connectivity index (χ1) is 19.5. The summed E-state index contributed by atoms with van der Waals surface area (Å²) in [4.78, 5) is 33.3. The molecule has 11 nitrogen and oxygen atoms in total. The van der Waals surface area contributed by atoms with E-state index in [9.17, 15) is 14.0 Å². The van der Waals surface area contributed by atoms with Gasteiger partial charge in [-0.1, -0.05) is 30.3 Å². The van der Waals surface area contributed by atoms with Crippen molar-refractivity contribution in [3.63, 3.8) is 0 Å². The molecular weight excluding hydrogens is 531 g/mol. The van der Waals surface area contributed by atoms with Crippen LogP contribution in [0.5, 0.6) is 5.88 Å². The fourth-order valence-corrected chi connectivity index (χ4v) is 3.88. The van der Waals surface area contributed by atoms with Gasteiger partial charge in [0.1, 0.15) is 28.9 Å². The van der Waals surface area contributed by atoms with Crippen molar-refractivity contribution in [1.82, 2.24) is 24.9 Å². The number of hydrogen-bond acceptors (Lipinski definition) is 9. The first-order valence-electron chi connectivity index (χ1n) is 13.2. The van der Waals surface area contributed by atoms with Crippen LogP contribution in [0.25, 0.3) is 16.8 Å². The van der Waals surface area contributed by atoms with Crippen molar-refractivity contribution >= 4 is 23.5 Å². The molecule has 1 atom stereocenters. The molecule has 4 aromatic rings. The van der Waals surface area contributed by atoms with Crippen LogP contribution in [0.2, 0.25) is 0 Å². The van der Waals surface area contributed by atoms with Crippen LogP contribution in [0, 0.1) is 5.82 Å². The first kappa shape index (κ1) is 29.2. The second-order valence-electron chi connectivity index (χ2n) is 10.2. The fraction of sp³-hybridized carbons (Fsp3) is 0.345. The van der Waals surface area contributed by atoms with Gasteiger partial charge >= 0.3 is 12.1 Å². The largest absolute Gasteiger partial charge is 0.473 e. The molecule has 1 amide bonds. The number of anilines is 1. The number of esters is 1. The highest BCUT2D eigenvalue weighted by Gasteiger charge is 2.20. The molecule has 0 aliphatic heterocycles. The topological polar surface area (TPSA) is 129 Å². The zero-order chi connectivity index (χ0) is 29.6. The Morgan fingerprint density at radius 3 is 2.61 bits per heavy atom. The SMILES string of the molecule is CCOC(=O)c1cnn2cc(-c3ccccc3)c(NCc3cc(F)cnc3OC(C)CNC(=O)OC(C)(C)C)nc12. The summed E-state index contributed by atoms with van der Waals surface area (Å²) in [6.45, 7) is 9.24. The number of nitrogens with one attached hydrogen (secondary N) is 2. The third-order valence-corrected chi connectivity index (χ3v) is 5.66. The molecule has 1 aromatic carbocycles. The highest BCUT2D eigenvalue weighted by molar-refractivity contribution is 5.96. The van der Waals surface area contributed by atoms with Crippen molar-refractivity contribution in [1.29, 1.82) is 0 Å². The predicted octanol–water partition coefficient (Wildman–Crippen LogP) is 5.01. The summed E-state index contributed by atoms with van der Waals surface area (Å²) in [5, 5.41) is 10.2. The lowest BCUT2D eigenvalue weighted by molar-refractivity contribution is 0.0500. The molecule has 0 aliphatic rings. The Hall–Kier alpha value is -4.74. The molecule has 3 heterocycles. The van der Waals surface area contributed by atoms with Gasteiger partial charge in [0.15, 0.2) is 5.65 Å². The molecule has 0 saturated carbocycles. The van der Waals surface area contributed by atoms with E-state index >= 15 is 0 Å². The summed E-state index contributed by atoms with van der Waals surface area (Å²) in [5.41, 5.74) is 1.88. The number of fused-ring (bicyclic) bond motifs is 1. The minimum Gasteiger partial charge on any atom is -0.473 e. The van der Waals surface area contributed by atoms with Gasteiger partial charge in [-0.3, -0.25) is 0 Å². The van der Waals surface area contributed by atoms with E-state index in [4.69, 9.17) is 19.2 Å². The average Bonchev–Trinajstić information content (AvgIpc) is 3.34. The highest BCUT2D eigenvalue weighted by Crippen LogP contribution is 2.29.